The summed E-state index contributed by atoms with van der Waals surface area (Å²) in [5.41, 5.74) is 0.908. The number of allylic oxidation sites excluding steroid dienone is 2. The Morgan fingerprint density at radius 1 is 1.25 bits per heavy atom. The minimum absolute atomic E-state index is 0.00760. The van der Waals surface area contributed by atoms with Gasteiger partial charge >= 0.3 is 6.09 Å². The van der Waals surface area contributed by atoms with Crippen LogP contribution in [0.15, 0.2) is 61.9 Å². The SMILES string of the molecule is C=CC1(C=C)CC1C(=O)Nc1ccccc1C1C=CN(C(=O)OC(C)(C)C)C1. The van der Waals surface area contributed by atoms with Crippen LogP contribution in [0.3, 0.4) is 0 Å². The number of nitrogens with zero attached hydrogens (tertiary/aromatic N) is 1. The highest BCUT2D eigenvalue weighted by molar-refractivity contribution is 5.96. The van der Waals surface area contributed by atoms with Crippen molar-refractivity contribution < 1.29 is 14.3 Å². The van der Waals surface area contributed by atoms with Crippen LogP contribution in [-0.4, -0.2) is 29.0 Å². The molecule has 0 saturated heterocycles. The molecular formula is C23H28N2O3. The van der Waals surface area contributed by atoms with Gasteiger partial charge in [-0.3, -0.25) is 9.69 Å². The van der Waals surface area contributed by atoms with Gasteiger partial charge in [0.05, 0.1) is 5.92 Å². The molecule has 1 aliphatic heterocycles. The number of hydrogen-bond donors (Lipinski definition) is 1. The zero-order valence-electron chi connectivity index (χ0n) is 16.8. The highest BCUT2D eigenvalue weighted by Crippen LogP contribution is 2.55. The van der Waals surface area contributed by atoms with E-state index in [0.29, 0.717) is 6.54 Å². The Bertz CT molecular complexity index is 826. The molecule has 2 amide bonds. The molecule has 1 aromatic rings. The lowest BCUT2D eigenvalue weighted by atomic mass is 9.98. The molecule has 0 spiro atoms. The normalized spacial score (nSPS) is 22.5. The second-order valence-corrected chi connectivity index (χ2v) is 8.43. The van der Waals surface area contributed by atoms with E-state index < -0.39 is 5.60 Å². The number of benzene rings is 1. The van der Waals surface area contributed by atoms with E-state index in [1.165, 1.54) is 0 Å². The number of para-hydroxylation sites is 1. The monoisotopic (exact) mass is 380 g/mol. The third kappa shape index (κ3) is 4.03. The summed E-state index contributed by atoms with van der Waals surface area (Å²) in [5, 5.41) is 3.05. The quantitative estimate of drug-likeness (QED) is 0.743. The van der Waals surface area contributed by atoms with Gasteiger partial charge in [-0.05, 0) is 38.8 Å². The average molecular weight is 380 g/mol. The number of carbonyl (C=O) groups is 2. The first-order valence-electron chi connectivity index (χ1n) is 9.54. The molecule has 5 heteroatoms. The lowest BCUT2D eigenvalue weighted by Crippen LogP contribution is -2.33. The number of nitrogens with one attached hydrogen (secondary N) is 1. The number of carbonyl (C=O) groups excluding carboxylic acids is 2. The van der Waals surface area contributed by atoms with Crippen molar-refractivity contribution in [2.75, 3.05) is 11.9 Å². The van der Waals surface area contributed by atoms with Crippen molar-refractivity contribution >= 4 is 17.7 Å². The van der Waals surface area contributed by atoms with Crippen LogP contribution in [0.25, 0.3) is 0 Å². The highest BCUT2D eigenvalue weighted by atomic mass is 16.6. The molecule has 1 aromatic carbocycles. The van der Waals surface area contributed by atoms with E-state index >= 15 is 0 Å². The van der Waals surface area contributed by atoms with E-state index in [4.69, 9.17) is 4.74 Å². The topological polar surface area (TPSA) is 58.6 Å². The molecule has 28 heavy (non-hydrogen) atoms. The summed E-state index contributed by atoms with van der Waals surface area (Å²) in [4.78, 5) is 26.6. The third-order valence-corrected chi connectivity index (χ3v) is 5.26. The summed E-state index contributed by atoms with van der Waals surface area (Å²) in [6.45, 7) is 13.7. The molecule has 0 radical (unpaired) electrons. The minimum Gasteiger partial charge on any atom is -0.443 e. The minimum atomic E-state index is -0.540. The van der Waals surface area contributed by atoms with Crippen LogP contribution in [-0.2, 0) is 9.53 Å². The van der Waals surface area contributed by atoms with Gasteiger partial charge in [-0.25, -0.2) is 4.79 Å². The van der Waals surface area contributed by atoms with Gasteiger partial charge in [-0.1, -0.05) is 36.4 Å². The van der Waals surface area contributed by atoms with E-state index in [2.05, 4.69) is 18.5 Å². The molecule has 5 nitrogen and oxygen atoms in total. The Kier molecular flexibility index (Phi) is 5.20. The summed E-state index contributed by atoms with van der Waals surface area (Å²) in [7, 11) is 0. The Labute approximate surface area is 166 Å². The van der Waals surface area contributed by atoms with E-state index in [0.717, 1.165) is 17.7 Å². The van der Waals surface area contributed by atoms with Gasteiger partial charge in [0.2, 0.25) is 5.91 Å². The molecular weight excluding hydrogens is 352 g/mol. The van der Waals surface area contributed by atoms with Crippen molar-refractivity contribution in [1.29, 1.82) is 0 Å². The first-order chi connectivity index (χ1) is 13.2. The van der Waals surface area contributed by atoms with Crippen molar-refractivity contribution in [2.24, 2.45) is 11.3 Å². The zero-order chi connectivity index (χ0) is 20.5. The van der Waals surface area contributed by atoms with E-state index in [-0.39, 0.29) is 29.3 Å². The van der Waals surface area contributed by atoms with Gasteiger partial charge in [0.15, 0.2) is 0 Å². The largest absolute Gasteiger partial charge is 0.443 e. The van der Waals surface area contributed by atoms with Gasteiger partial charge in [-0.15, -0.1) is 13.2 Å². The second-order valence-electron chi connectivity index (χ2n) is 8.43. The molecule has 0 bridgehead atoms. The van der Waals surface area contributed by atoms with E-state index in [1.54, 1.807) is 23.3 Å². The highest BCUT2D eigenvalue weighted by Gasteiger charge is 2.54. The van der Waals surface area contributed by atoms with Crippen LogP contribution in [0.2, 0.25) is 0 Å². The maximum absolute atomic E-state index is 12.7. The van der Waals surface area contributed by atoms with Gasteiger partial charge in [0.25, 0.3) is 0 Å². The molecule has 2 unspecified atom stereocenters. The predicted octanol–water partition coefficient (Wildman–Crippen LogP) is 4.85. The molecule has 0 aromatic heterocycles. The first kappa shape index (κ1) is 19.9. The number of ether oxygens (including phenoxy) is 1. The number of amides is 2. The van der Waals surface area contributed by atoms with Gasteiger partial charge in [-0.2, -0.15) is 0 Å². The summed E-state index contributed by atoms with van der Waals surface area (Å²) >= 11 is 0. The summed E-state index contributed by atoms with van der Waals surface area (Å²) in [6.07, 6.45) is 7.68. The molecule has 3 rings (SSSR count). The fraction of sp³-hybridized carbons (Fsp3) is 0.391. The molecule has 1 N–H and O–H groups in total. The van der Waals surface area contributed by atoms with Crippen molar-refractivity contribution in [1.82, 2.24) is 4.90 Å². The van der Waals surface area contributed by atoms with Crippen LogP contribution >= 0.6 is 0 Å². The van der Waals surface area contributed by atoms with Crippen LogP contribution in [0, 0.1) is 11.3 Å². The average Bonchev–Trinajstić information content (AvgIpc) is 3.18. The van der Waals surface area contributed by atoms with E-state index in [1.807, 2.05) is 51.1 Å². The van der Waals surface area contributed by atoms with Crippen molar-refractivity contribution in [3.63, 3.8) is 0 Å². The van der Waals surface area contributed by atoms with Gasteiger partial charge in [0, 0.05) is 29.8 Å². The second kappa shape index (κ2) is 7.30. The van der Waals surface area contributed by atoms with Crippen LogP contribution in [0.4, 0.5) is 10.5 Å². The molecule has 148 valence electrons. The lowest BCUT2D eigenvalue weighted by molar-refractivity contribution is -0.117. The summed E-state index contributed by atoms with van der Waals surface area (Å²) in [6, 6.07) is 7.70. The maximum Gasteiger partial charge on any atom is 0.414 e. The maximum atomic E-state index is 12.7. The molecule has 2 aliphatic rings. The number of rotatable bonds is 5. The van der Waals surface area contributed by atoms with Gasteiger partial charge < -0.3 is 10.1 Å². The Morgan fingerprint density at radius 3 is 2.54 bits per heavy atom. The summed E-state index contributed by atoms with van der Waals surface area (Å²) < 4.78 is 5.44. The van der Waals surface area contributed by atoms with Crippen molar-refractivity contribution in [3.05, 3.63) is 67.4 Å². The molecule has 1 aliphatic carbocycles. The third-order valence-electron chi connectivity index (χ3n) is 5.26. The van der Waals surface area contributed by atoms with Crippen LogP contribution in [0.5, 0.6) is 0 Å². The zero-order valence-corrected chi connectivity index (χ0v) is 16.8. The van der Waals surface area contributed by atoms with Crippen molar-refractivity contribution in [2.45, 2.75) is 38.7 Å². The first-order valence-corrected chi connectivity index (χ1v) is 9.54. The Balaban J connectivity index is 1.69. The molecule has 1 fully saturated rings. The standard InChI is InChI=1S/C23H28N2O3/c1-6-23(7-2)14-18(23)20(26)24-19-11-9-8-10-17(19)16-12-13-25(15-16)21(27)28-22(3,4)5/h6-13,16,18H,1-2,14-15H2,3-5H3,(H,24,26). The number of hydrogen-bond acceptors (Lipinski definition) is 3. The molecule has 1 saturated carbocycles. The number of anilines is 1. The smallest absolute Gasteiger partial charge is 0.414 e. The molecule has 1 heterocycles. The summed E-state index contributed by atoms with van der Waals surface area (Å²) in [5.74, 6) is -0.169. The molecule has 2 atom stereocenters. The van der Waals surface area contributed by atoms with Crippen LogP contribution in [0.1, 0.15) is 38.7 Å². The van der Waals surface area contributed by atoms with Gasteiger partial charge in [0.1, 0.15) is 5.60 Å². The van der Waals surface area contributed by atoms with Crippen molar-refractivity contribution in [3.8, 4) is 0 Å². The predicted molar refractivity (Wildman–Crippen MR) is 111 cm³/mol. The fourth-order valence-electron chi connectivity index (χ4n) is 3.52. The Morgan fingerprint density at radius 2 is 1.93 bits per heavy atom. The van der Waals surface area contributed by atoms with E-state index in [9.17, 15) is 9.59 Å². The lowest BCUT2D eigenvalue weighted by Gasteiger charge is -2.24. The van der Waals surface area contributed by atoms with Crippen LogP contribution < -0.4 is 5.32 Å². The fourth-order valence-corrected chi connectivity index (χ4v) is 3.52. The Hall–Kier alpha value is -2.82.